The van der Waals surface area contributed by atoms with Crippen LogP contribution in [0.15, 0.2) is 46.5 Å². The average molecular weight is 394 g/mol. The van der Waals surface area contributed by atoms with Gasteiger partial charge in [0.1, 0.15) is 12.2 Å². The Labute approximate surface area is 157 Å². The predicted molar refractivity (Wildman–Crippen MR) is 89.0 cm³/mol. The fourth-order valence-corrected chi connectivity index (χ4v) is 4.22. The normalized spacial score (nSPS) is 38.0. The number of hydrogen-bond donors (Lipinski definition) is 6. The number of allylic oxidation sites excluding steroid dienone is 1. The van der Waals surface area contributed by atoms with Crippen molar-refractivity contribution in [1.29, 1.82) is 0 Å². The van der Waals surface area contributed by atoms with Gasteiger partial charge in [-0.15, -0.1) is 0 Å². The topological polar surface area (TPSA) is 174 Å². The Balaban J connectivity index is 1.99. The number of aliphatic hydroxyl groups is 6. The second kappa shape index (κ2) is 5.68. The van der Waals surface area contributed by atoms with Crippen LogP contribution in [0.2, 0.25) is 0 Å². The maximum Gasteiger partial charge on any atom is 0.338 e. The molecule has 0 amide bonds. The molecule has 1 saturated carbocycles. The Morgan fingerprint density at radius 2 is 1.54 bits per heavy atom. The fourth-order valence-electron chi connectivity index (χ4n) is 4.22. The van der Waals surface area contributed by atoms with E-state index in [2.05, 4.69) is 0 Å². The van der Waals surface area contributed by atoms with Crippen molar-refractivity contribution in [1.82, 2.24) is 0 Å². The minimum atomic E-state index is -3.08. The number of fused-ring (bicyclic) bond motifs is 3. The molecule has 3 aliphatic carbocycles. The van der Waals surface area contributed by atoms with E-state index < -0.39 is 69.5 Å². The molecule has 0 radical (unpaired) electrons. The van der Waals surface area contributed by atoms with E-state index in [1.54, 1.807) is 0 Å². The zero-order valence-corrected chi connectivity index (χ0v) is 14.5. The monoisotopic (exact) mass is 394 g/mol. The molecule has 1 saturated heterocycles. The highest BCUT2D eigenvalue weighted by Crippen LogP contribution is 2.56. The Morgan fingerprint density at radius 1 is 0.929 bits per heavy atom. The zero-order valence-electron chi connectivity index (χ0n) is 14.5. The summed E-state index contributed by atoms with van der Waals surface area (Å²) >= 11 is 0. The van der Waals surface area contributed by atoms with Crippen molar-refractivity contribution in [2.45, 2.75) is 43.5 Å². The standard InChI is InChI=1S/C18H18O10/c19-8-5-7-15(24)27-10-3-1-2-4-11(10)28-16(25)17(18(7,26)13(8)22)6-9(20)12(21)14(17)23/h5-6,10-11,19-23,26H,1-4H2. The van der Waals surface area contributed by atoms with Gasteiger partial charge in [0.2, 0.25) is 0 Å². The third kappa shape index (κ3) is 2.00. The van der Waals surface area contributed by atoms with E-state index in [0.29, 0.717) is 37.8 Å². The number of rotatable bonds is 0. The second-order valence-corrected chi connectivity index (χ2v) is 7.21. The molecule has 0 aromatic rings. The first-order valence-corrected chi connectivity index (χ1v) is 8.68. The first kappa shape index (κ1) is 18.2. The van der Waals surface area contributed by atoms with E-state index in [0.717, 1.165) is 0 Å². The zero-order chi connectivity index (χ0) is 20.4. The van der Waals surface area contributed by atoms with Gasteiger partial charge in [-0.1, -0.05) is 0 Å². The van der Waals surface area contributed by atoms with Crippen LogP contribution in [0, 0.1) is 5.41 Å². The molecule has 2 fully saturated rings. The number of carbonyl (C=O) groups excluding carboxylic acids is 2. The van der Waals surface area contributed by atoms with Gasteiger partial charge in [0.05, 0.1) is 5.57 Å². The number of carbonyl (C=O) groups is 2. The molecule has 0 bridgehead atoms. The molecule has 4 aliphatic rings. The lowest BCUT2D eigenvalue weighted by Crippen LogP contribution is -2.56. The van der Waals surface area contributed by atoms with E-state index in [1.165, 1.54) is 0 Å². The van der Waals surface area contributed by atoms with Gasteiger partial charge in [-0.25, -0.2) is 4.79 Å². The lowest BCUT2D eigenvalue weighted by Gasteiger charge is -2.39. The summed E-state index contributed by atoms with van der Waals surface area (Å²) in [5.74, 6) is -8.05. The summed E-state index contributed by atoms with van der Waals surface area (Å²) in [6, 6.07) is 0. The van der Waals surface area contributed by atoms with Crippen LogP contribution in [-0.2, 0) is 19.1 Å². The van der Waals surface area contributed by atoms with Gasteiger partial charge in [-0.3, -0.25) is 4.79 Å². The number of ether oxygens (including phenoxy) is 2. The summed E-state index contributed by atoms with van der Waals surface area (Å²) in [5.41, 5.74) is -6.65. The number of aliphatic hydroxyl groups excluding tert-OH is 5. The smallest absolute Gasteiger partial charge is 0.338 e. The summed E-state index contributed by atoms with van der Waals surface area (Å²) in [4.78, 5) is 25.9. The van der Waals surface area contributed by atoms with Crippen LogP contribution in [0.3, 0.4) is 0 Å². The summed E-state index contributed by atoms with van der Waals surface area (Å²) in [7, 11) is 0. The Kier molecular flexibility index (Phi) is 3.70. The molecule has 150 valence electrons. The molecule has 0 aromatic heterocycles. The fraction of sp³-hybridized carbons (Fsp3) is 0.444. The minimum absolute atomic E-state index is 0.344. The molecule has 4 unspecified atom stereocenters. The molecule has 10 nitrogen and oxygen atoms in total. The molecule has 4 rings (SSSR count). The number of hydrogen-bond acceptors (Lipinski definition) is 10. The van der Waals surface area contributed by atoms with E-state index in [-0.39, 0.29) is 0 Å². The molecule has 10 heteroatoms. The molecule has 1 spiro atoms. The molecule has 1 aliphatic heterocycles. The predicted octanol–water partition coefficient (Wildman–Crippen LogP) is 1.17. The molecule has 28 heavy (non-hydrogen) atoms. The molecule has 6 N–H and O–H groups in total. The highest BCUT2D eigenvalue weighted by atomic mass is 16.6. The van der Waals surface area contributed by atoms with Crippen LogP contribution < -0.4 is 0 Å². The van der Waals surface area contributed by atoms with Gasteiger partial charge >= 0.3 is 11.9 Å². The first-order valence-electron chi connectivity index (χ1n) is 8.68. The van der Waals surface area contributed by atoms with E-state index in [9.17, 15) is 40.2 Å². The van der Waals surface area contributed by atoms with Gasteiger partial charge in [0.25, 0.3) is 0 Å². The number of esters is 2. The van der Waals surface area contributed by atoms with Crippen molar-refractivity contribution in [2.24, 2.45) is 5.41 Å². The highest BCUT2D eigenvalue weighted by molar-refractivity contribution is 5.99. The Hall–Kier alpha value is -3.14. The molecular formula is C18H18O10. The van der Waals surface area contributed by atoms with Crippen molar-refractivity contribution in [2.75, 3.05) is 0 Å². The molecule has 0 aromatic carbocycles. The summed E-state index contributed by atoms with van der Waals surface area (Å²) < 4.78 is 10.8. The van der Waals surface area contributed by atoms with Crippen molar-refractivity contribution in [3.8, 4) is 0 Å². The quantitative estimate of drug-likeness (QED) is 0.327. The van der Waals surface area contributed by atoms with Crippen molar-refractivity contribution >= 4 is 11.9 Å². The summed E-state index contributed by atoms with van der Waals surface area (Å²) in [6.07, 6.45) is 1.62. The Bertz CT molecular complexity index is 909. The molecule has 4 atom stereocenters. The van der Waals surface area contributed by atoms with Gasteiger partial charge < -0.3 is 40.1 Å². The molecular weight excluding hydrogens is 376 g/mol. The van der Waals surface area contributed by atoms with E-state index >= 15 is 0 Å². The largest absolute Gasteiger partial charge is 0.507 e. The SMILES string of the molecule is O=C1OC2CCCCC2OC(=O)C2(C=C(O)C(O)=C2O)C2(O)C1=CC(O)=C2O. The van der Waals surface area contributed by atoms with Gasteiger partial charge in [-0.2, -0.15) is 0 Å². The van der Waals surface area contributed by atoms with E-state index in [1.807, 2.05) is 0 Å². The summed E-state index contributed by atoms with van der Waals surface area (Å²) in [5, 5.41) is 61.9. The van der Waals surface area contributed by atoms with Crippen molar-refractivity contribution in [3.63, 3.8) is 0 Å². The van der Waals surface area contributed by atoms with Crippen LogP contribution >= 0.6 is 0 Å². The maximum absolute atomic E-state index is 13.2. The van der Waals surface area contributed by atoms with Crippen LogP contribution in [0.5, 0.6) is 0 Å². The minimum Gasteiger partial charge on any atom is -0.507 e. The van der Waals surface area contributed by atoms with E-state index in [4.69, 9.17) is 9.47 Å². The van der Waals surface area contributed by atoms with Crippen molar-refractivity contribution in [3.05, 3.63) is 46.5 Å². The molecule has 1 heterocycles. The first-order chi connectivity index (χ1) is 13.1. The van der Waals surface area contributed by atoms with Crippen LogP contribution in [-0.4, -0.2) is 60.4 Å². The summed E-state index contributed by atoms with van der Waals surface area (Å²) in [6.45, 7) is 0. The van der Waals surface area contributed by atoms with Crippen LogP contribution in [0.1, 0.15) is 25.7 Å². The van der Waals surface area contributed by atoms with Gasteiger partial charge in [0, 0.05) is 0 Å². The third-order valence-corrected chi connectivity index (χ3v) is 5.72. The average Bonchev–Trinajstić information content (AvgIpc) is 3.04. The lowest BCUT2D eigenvalue weighted by atomic mass is 9.67. The van der Waals surface area contributed by atoms with Gasteiger partial charge in [-0.05, 0) is 37.8 Å². The third-order valence-electron chi connectivity index (χ3n) is 5.72. The maximum atomic E-state index is 13.2. The Morgan fingerprint density at radius 3 is 2.11 bits per heavy atom. The van der Waals surface area contributed by atoms with Crippen LogP contribution in [0.4, 0.5) is 0 Å². The van der Waals surface area contributed by atoms with Crippen LogP contribution in [0.25, 0.3) is 0 Å². The van der Waals surface area contributed by atoms with Crippen molar-refractivity contribution < 1.29 is 49.7 Å². The lowest BCUT2D eigenvalue weighted by molar-refractivity contribution is -0.176. The second-order valence-electron chi connectivity index (χ2n) is 7.21. The van der Waals surface area contributed by atoms with Gasteiger partial charge in [0.15, 0.2) is 39.8 Å². The highest BCUT2D eigenvalue weighted by Gasteiger charge is 2.71.